The molecule has 0 fully saturated rings. The third-order valence-electron chi connectivity index (χ3n) is 8.63. The minimum Gasteiger partial charge on any atom is -0.557 e. The Morgan fingerprint density at radius 1 is 0.686 bits per heavy atom. The summed E-state index contributed by atoms with van der Waals surface area (Å²) in [6.45, 7) is -0.0228. The number of rotatable bonds is 5. The Hall–Kier alpha value is -5.87. The van der Waals surface area contributed by atoms with Gasteiger partial charge < -0.3 is 14.0 Å². The molecule has 3 aromatic heterocycles. The second kappa shape index (κ2) is 14.9. The number of furan rings is 1. The molecule has 6 aromatic carbocycles. The molecule has 249 valence electrons. The number of para-hydroxylation sites is 3. The van der Waals surface area contributed by atoms with Crippen LogP contribution in [0.25, 0.3) is 72.6 Å². The first-order valence-electron chi connectivity index (χ1n) is 17.9. The van der Waals surface area contributed by atoms with Gasteiger partial charge in [-0.05, 0) is 48.3 Å². The molecule has 0 N–H and O–H groups in total. The van der Waals surface area contributed by atoms with Crippen LogP contribution in [0.2, 0.25) is 0 Å². The van der Waals surface area contributed by atoms with E-state index in [4.69, 9.17) is 13.5 Å². The first kappa shape index (κ1) is 30.0. The van der Waals surface area contributed by atoms with Crippen LogP contribution in [0.3, 0.4) is 0 Å². The Kier molecular flexibility index (Phi) is 8.79. The molecular formula is C46H33IrN3O-2. The molecule has 0 atom stereocenters. The Morgan fingerprint density at radius 2 is 1.37 bits per heavy atom. The monoisotopic (exact) mass is 839 g/mol. The molecule has 5 heteroatoms. The van der Waals surface area contributed by atoms with Crippen LogP contribution in [0.4, 0.5) is 0 Å². The smallest absolute Gasteiger partial charge is 0.0774 e. The van der Waals surface area contributed by atoms with Crippen LogP contribution in [-0.4, -0.2) is 14.5 Å². The maximum atomic E-state index is 7.23. The van der Waals surface area contributed by atoms with Crippen LogP contribution < -0.4 is 0 Å². The van der Waals surface area contributed by atoms with Gasteiger partial charge in [-0.3, -0.25) is 4.98 Å². The van der Waals surface area contributed by atoms with Gasteiger partial charge in [-0.25, -0.2) is 0 Å². The molecule has 0 bridgehead atoms. The SMILES string of the molecule is Cc1ccc2c(-c3nc4ccccc4n3-c3c(-c4ccccc4)cccc3-c3ccccc3)[c-]oc2c1.[2H]C([2H])([2H])c1ccc(-c2[c-]cccc2)nc1.[Ir]. The maximum absolute atomic E-state index is 7.23. The molecule has 9 aromatic rings. The van der Waals surface area contributed by atoms with E-state index >= 15 is 0 Å². The van der Waals surface area contributed by atoms with Crippen LogP contribution >= 0.6 is 0 Å². The summed E-state index contributed by atoms with van der Waals surface area (Å²) in [6, 6.07) is 55.9. The number of aryl methyl sites for hydroxylation is 2. The fourth-order valence-corrected chi connectivity index (χ4v) is 6.26. The summed E-state index contributed by atoms with van der Waals surface area (Å²) in [5.74, 6) is 0.810. The average Bonchev–Trinajstić information content (AvgIpc) is 3.79. The maximum Gasteiger partial charge on any atom is 0.0774 e. The van der Waals surface area contributed by atoms with Gasteiger partial charge >= 0.3 is 0 Å². The predicted molar refractivity (Wildman–Crippen MR) is 204 cm³/mol. The van der Waals surface area contributed by atoms with E-state index in [0.717, 1.165) is 78.2 Å². The molecule has 0 aliphatic carbocycles. The zero-order chi connectivity index (χ0) is 36.4. The number of aromatic nitrogens is 3. The zero-order valence-electron chi connectivity index (χ0n) is 30.7. The number of nitrogens with zero attached hydrogens (tertiary/aromatic N) is 3. The topological polar surface area (TPSA) is 43.9 Å². The largest absolute Gasteiger partial charge is 0.557 e. The number of hydrogen-bond acceptors (Lipinski definition) is 3. The van der Waals surface area contributed by atoms with Crippen LogP contribution in [0.15, 0.2) is 168 Å². The zero-order valence-corrected chi connectivity index (χ0v) is 30.1. The molecule has 0 aliphatic rings. The van der Waals surface area contributed by atoms with Gasteiger partial charge in [0.2, 0.25) is 0 Å². The van der Waals surface area contributed by atoms with Crippen LogP contribution in [-0.2, 0) is 20.1 Å². The van der Waals surface area contributed by atoms with Gasteiger partial charge in [0.25, 0.3) is 0 Å². The van der Waals surface area contributed by atoms with E-state index in [2.05, 4.69) is 144 Å². The molecule has 0 saturated carbocycles. The van der Waals surface area contributed by atoms with Gasteiger partial charge in [0.05, 0.1) is 22.5 Å². The Morgan fingerprint density at radius 3 is 2.04 bits per heavy atom. The molecule has 0 unspecified atom stereocenters. The normalized spacial score (nSPS) is 11.9. The number of pyridine rings is 1. The van der Waals surface area contributed by atoms with E-state index in [1.807, 2.05) is 24.3 Å². The van der Waals surface area contributed by atoms with E-state index in [9.17, 15) is 0 Å². The van der Waals surface area contributed by atoms with Gasteiger partial charge in [0.15, 0.2) is 0 Å². The van der Waals surface area contributed by atoms with Crippen molar-refractivity contribution < 1.29 is 28.6 Å². The number of hydrogen-bond donors (Lipinski definition) is 0. The molecule has 0 spiro atoms. The van der Waals surface area contributed by atoms with Crippen molar-refractivity contribution in [2.24, 2.45) is 0 Å². The van der Waals surface area contributed by atoms with Crippen LogP contribution in [0, 0.1) is 26.1 Å². The van der Waals surface area contributed by atoms with Crippen LogP contribution in [0.5, 0.6) is 0 Å². The molecule has 4 nitrogen and oxygen atoms in total. The van der Waals surface area contributed by atoms with E-state index in [1.165, 1.54) is 6.20 Å². The van der Waals surface area contributed by atoms with Gasteiger partial charge in [-0.15, -0.1) is 42.0 Å². The van der Waals surface area contributed by atoms with Gasteiger partial charge in [0, 0.05) is 53.4 Å². The standard InChI is InChI=1S/C34H23N2O.C12H10N.Ir/c1-23-19-20-28-29(22-37-32(28)21-23)34-35-30-17-8-9-18-31(30)36(34)33-26(24-11-4-2-5-12-24)15-10-16-27(33)25-13-6-3-7-14-25;1-10-7-8-12(13-9-10)11-5-3-2-4-6-11;/h2-21H,1H3;2-5,7-9H,1H3;/q2*-1;/i;1D3;. The number of imidazole rings is 1. The molecule has 51 heavy (non-hydrogen) atoms. The fourth-order valence-electron chi connectivity index (χ4n) is 6.26. The minimum absolute atomic E-state index is 0. The Balaban J connectivity index is 0.000000223. The quantitative estimate of drug-likeness (QED) is 0.162. The van der Waals surface area contributed by atoms with Crippen molar-refractivity contribution in [3.8, 4) is 50.6 Å². The average molecular weight is 839 g/mol. The molecule has 0 saturated heterocycles. The van der Waals surface area contributed by atoms with Crippen molar-refractivity contribution in [2.75, 3.05) is 0 Å². The first-order chi connectivity index (χ1) is 25.8. The second-order valence-corrected chi connectivity index (χ2v) is 12.0. The van der Waals surface area contributed by atoms with Gasteiger partial charge in [-0.1, -0.05) is 132 Å². The summed E-state index contributed by atoms with van der Waals surface area (Å²) in [4.78, 5) is 9.27. The molecule has 0 amide bonds. The molecule has 0 aliphatic heterocycles. The third-order valence-corrected chi connectivity index (χ3v) is 8.63. The summed E-state index contributed by atoms with van der Waals surface area (Å²) in [6.07, 6.45) is 4.58. The second-order valence-electron chi connectivity index (χ2n) is 12.0. The van der Waals surface area contributed by atoms with E-state index in [0.29, 0.717) is 0 Å². The summed E-state index contributed by atoms with van der Waals surface area (Å²) in [5, 5.41) is 1.00. The minimum atomic E-state index is -2.09. The van der Waals surface area contributed by atoms with Gasteiger partial charge in [0.1, 0.15) is 0 Å². The third kappa shape index (κ3) is 6.82. The number of benzene rings is 6. The van der Waals surface area contributed by atoms with E-state index in [-0.39, 0.29) is 25.7 Å². The predicted octanol–water partition coefficient (Wildman–Crippen LogP) is 11.7. The summed E-state index contributed by atoms with van der Waals surface area (Å²) >= 11 is 0. The van der Waals surface area contributed by atoms with E-state index < -0.39 is 6.85 Å². The van der Waals surface area contributed by atoms with Crippen LogP contribution in [0.1, 0.15) is 15.2 Å². The van der Waals surface area contributed by atoms with Crippen molar-refractivity contribution in [1.82, 2.24) is 14.5 Å². The molecule has 1 radical (unpaired) electrons. The summed E-state index contributed by atoms with van der Waals surface area (Å²) < 4.78 is 29.9. The van der Waals surface area contributed by atoms with E-state index in [1.54, 1.807) is 18.2 Å². The van der Waals surface area contributed by atoms with Crippen molar-refractivity contribution in [2.45, 2.75) is 13.8 Å². The summed E-state index contributed by atoms with van der Waals surface area (Å²) in [7, 11) is 0. The van der Waals surface area contributed by atoms with Crippen molar-refractivity contribution in [3.05, 3.63) is 187 Å². The van der Waals surface area contributed by atoms with Crippen molar-refractivity contribution in [1.29, 1.82) is 0 Å². The Bertz CT molecular complexity index is 2600. The van der Waals surface area contributed by atoms with Crippen molar-refractivity contribution >= 4 is 22.0 Å². The molecular weight excluding hydrogens is 803 g/mol. The first-order valence-corrected chi connectivity index (χ1v) is 16.4. The fraction of sp³-hybridized carbons (Fsp3) is 0.0435. The van der Waals surface area contributed by atoms with Crippen molar-refractivity contribution in [3.63, 3.8) is 0 Å². The summed E-state index contributed by atoms with van der Waals surface area (Å²) in [5.41, 5.74) is 12.3. The number of fused-ring (bicyclic) bond motifs is 2. The van der Waals surface area contributed by atoms with Gasteiger partial charge in [-0.2, -0.15) is 0 Å². The molecule has 9 rings (SSSR count). The molecule has 3 heterocycles. The Labute approximate surface area is 315 Å².